The van der Waals surface area contributed by atoms with Crippen molar-refractivity contribution in [1.82, 2.24) is 4.90 Å². The largest absolute Gasteiger partial charge is 0.481 e. The van der Waals surface area contributed by atoms with Crippen LogP contribution in [0.25, 0.3) is 0 Å². The van der Waals surface area contributed by atoms with Crippen molar-refractivity contribution in [2.24, 2.45) is 28.1 Å². The Bertz CT molecular complexity index is 874. The van der Waals surface area contributed by atoms with Crippen LogP contribution in [-0.4, -0.2) is 59.1 Å². The Morgan fingerprint density at radius 1 is 0.810 bits per heavy atom. The molecule has 0 aliphatic rings. The lowest BCUT2D eigenvalue weighted by molar-refractivity contribution is -0.139. The van der Waals surface area contributed by atoms with Gasteiger partial charge in [0.05, 0.1) is 0 Å². The van der Waals surface area contributed by atoms with Crippen LogP contribution < -0.4 is 17.2 Å². The molecule has 0 unspecified atom stereocenters. The van der Waals surface area contributed by atoms with Gasteiger partial charge in [-0.15, -0.1) is 0 Å². The van der Waals surface area contributed by atoms with E-state index in [1.807, 2.05) is 13.8 Å². The number of aliphatic imine (C=N–C) groups is 1. The fraction of sp³-hybridized carbons (Fsp3) is 0.562. The van der Waals surface area contributed by atoms with Crippen LogP contribution in [0.5, 0.6) is 0 Å². The highest BCUT2D eigenvalue weighted by molar-refractivity contribution is 5.91. The topological polar surface area (TPSA) is 192 Å². The summed E-state index contributed by atoms with van der Waals surface area (Å²) in [4.78, 5) is 25.5. The van der Waals surface area contributed by atoms with E-state index in [0.29, 0.717) is 18.8 Å². The number of carbonyl (C=O) groups is 2. The fourth-order valence-electron chi connectivity index (χ4n) is 2.92. The molecule has 0 fully saturated rings. The first-order chi connectivity index (χ1) is 19.8. The van der Waals surface area contributed by atoms with E-state index in [2.05, 4.69) is 72.7 Å². The van der Waals surface area contributed by atoms with Gasteiger partial charge in [-0.25, -0.2) is 0 Å². The molecule has 42 heavy (non-hydrogen) atoms. The van der Waals surface area contributed by atoms with Crippen molar-refractivity contribution in [2.45, 2.75) is 97.4 Å². The first-order valence-electron chi connectivity index (χ1n) is 14.7. The number of carboxylic acid groups (broad SMARTS) is 2. The molecule has 0 aromatic rings. The number of allylic oxidation sites excluding steroid dienone is 10. The van der Waals surface area contributed by atoms with Crippen molar-refractivity contribution >= 4 is 23.9 Å². The molecular weight excluding hydrogens is 532 g/mol. The number of unbranched alkanes of at least 4 members (excludes halogenated alkanes) is 3. The van der Waals surface area contributed by atoms with Crippen molar-refractivity contribution < 1.29 is 19.8 Å². The minimum absolute atomic E-state index is 0.238. The molecule has 0 rings (SSSR count). The van der Waals surface area contributed by atoms with E-state index in [-0.39, 0.29) is 11.9 Å². The molecule has 0 radical (unpaired) electrons. The first-order valence-corrected chi connectivity index (χ1v) is 14.7. The number of nitrogens with zero attached hydrogens (tertiary/aromatic N) is 2. The summed E-state index contributed by atoms with van der Waals surface area (Å²) < 4.78 is 0. The Kier molecular flexibility index (Phi) is 32.5. The average molecular weight is 591 g/mol. The summed E-state index contributed by atoms with van der Waals surface area (Å²) in [6, 6.07) is -0.690. The maximum absolute atomic E-state index is 10.3. The van der Waals surface area contributed by atoms with Gasteiger partial charge in [-0.1, -0.05) is 88.0 Å². The predicted octanol–water partition coefficient (Wildman–Crippen LogP) is 5.97. The van der Waals surface area contributed by atoms with Crippen LogP contribution in [0.4, 0.5) is 0 Å². The lowest BCUT2D eigenvalue weighted by atomic mass is 10.1. The molecule has 10 heteroatoms. The highest BCUT2D eigenvalue weighted by Crippen LogP contribution is 2.04. The van der Waals surface area contributed by atoms with Gasteiger partial charge >= 0.3 is 11.9 Å². The van der Waals surface area contributed by atoms with Crippen LogP contribution in [0.15, 0.2) is 65.8 Å². The molecule has 0 amide bonds. The van der Waals surface area contributed by atoms with Crippen LogP contribution in [0, 0.1) is 11.3 Å². The van der Waals surface area contributed by atoms with Crippen LogP contribution in [0.3, 0.4) is 0 Å². The van der Waals surface area contributed by atoms with E-state index in [4.69, 9.17) is 32.8 Å². The van der Waals surface area contributed by atoms with Crippen molar-refractivity contribution in [2.75, 3.05) is 14.1 Å². The highest BCUT2D eigenvalue weighted by Gasteiger charge is 2.11. The van der Waals surface area contributed by atoms with Gasteiger partial charge in [-0.3, -0.25) is 15.0 Å². The van der Waals surface area contributed by atoms with Gasteiger partial charge in [0.15, 0.2) is 5.96 Å². The Labute approximate surface area is 254 Å². The molecule has 0 spiro atoms. The third-order valence-electron chi connectivity index (χ3n) is 5.15. The number of nitrogens with two attached hydrogens (primary N) is 3. The molecule has 0 aliphatic carbocycles. The maximum atomic E-state index is 10.3. The maximum Gasteiger partial charge on any atom is 0.320 e. The zero-order chi connectivity index (χ0) is 32.6. The lowest BCUT2D eigenvalue weighted by Gasteiger charge is -2.08. The van der Waals surface area contributed by atoms with Gasteiger partial charge in [0.2, 0.25) is 5.96 Å². The fourth-order valence-corrected chi connectivity index (χ4v) is 2.92. The summed E-state index contributed by atoms with van der Waals surface area (Å²) in [5, 5.41) is 23.5. The second-order valence-corrected chi connectivity index (χ2v) is 10.0. The van der Waals surface area contributed by atoms with Crippen LogP contribution >= 0.6 is 0 Å². The van der Waals surface area contributed by atoms with Gasteiger partial charge in [0.25, 0.3) is 0 Å². The Morgan fingerprint density at radius 2 is 1.26 bits per heavy atom. The SMILES string of the molecule is CC(C)C[C@H](N)C(=O)O.CC/C=C\C/C=C\C/C=C\C/C=C\C/C=C\CCCCCC(=O)O.CN(C)C(N)=NC(=N)N. The highest BCUT2D eigenvalue weighted by atomic mass is 16.4. The molecule has 10 nitrogen and oxygen atoms in total. The van der Waals surface area contributed by atoms with E-state index < -0.39 is 18.0 Å². The smallest absolute Gasteiger partial charge is 0.320 e. The molecule has 240 valence electrons. The third kappa shape index (κ3) is 40.8. The summed E-state index contributed by atoms with van der Waals surface area (Å²) in [6.07, 6.45) is 31.9. The van der Waals surface area contributed by atoms with E-state index in [9.17, 15) is 9.59 Å². The zero-order valence-electron chi connectivity index (χ0n) is 26.5. The summed E-state index contributed by atoms with van der Waals surface area (Å²) >= 11 is 0. The van der Waals surface area contributed by atoms with Gasteiger partial charge in [0, 0.05) is 20.5 Å². The molecular formula is C32H58N6O4. The standard InChI is InChI=1S/C22H34O2.C6H13NO2.C4H11N5/c1-2-3-4-5-6-7-8-9-10-11-12-13-14-15-16-17-18-19-20-21-22(23)24;1-4(2)3-5(7)6(8)9;1-9(2)4(7)8-3(5)6/h3-4,6-7,9-10,12-13,15-16H,2,5,8,11,14,17-21H2,1H3,(H,23,24);4-5H,3,7H2,1-2H3,(H,8,9);1-2H3,(H5,5,6,7,8)/b4-3-,7-6-,10-9-,13-12-,16-15-;;/t;5-;/m.0./s1. The zero-order valence-corrected chi connectivity index (χ0v) is 26.5. The molecule has 0 saturated heterocycles. The normalized spacial score (nSPS) is 12.6. The second-order valence-electron chi connectivity index (χ2n) is 10.0. The molecule has 0 saturated carbocycles. The molecule has 0 heterocycles. The Balaban J connectivity index is -0.000000687. The van der Waals surface area contributed by atoms with Gasteiger partial charge < -0.3 is 32.3 Å². The number of carboxylic acids is 2. The van der Waals surface area contributed by atoms with E-state index in [1.165, 1.54) is 0 Å². The summed E-state index contributed by atoms with van der Waals surface area (Å²) in [7, 11) is 3.45. The van der Waals surface area contributed by atoms with Gasteiger partial charge in [0.1, 0.15) is 6.04 Å². The third-order valence-corrected chi connectivity index (χ3v) is 5.15. The monoisotopic (exact) mass is 590 g/mol. The summed E-state index contributed by atoms with van der Waals surface area (Å²) in [5.74, 6) is -1.28. The van der Waals surface area contributed by atoms with Crippen molar-refractivity contribution in [3.05, 3.63) is 60.8 Å². The van der Waals surface area contributed by atoms with Crippen molar-refractivity contribution in [3.63, 3.8) is 0 Å². The Hall–Kier alpha value is -3.66. The van der Waals surface area contributed by atoms with E-state index >= 15 is 0 Å². The van der Waals surface area contributed by atoms with Crippen molar-refractivity contribution in [3.8, 4) is 0 Å². The van der Waals surface area contributed by atoms with Crippen molar-refractivity contribution in [1.29, 1.82) is 5.41 Å². The minimum Gasteiger partial charge on any atom is -0.481 e. The lowest BCUT2D eigenvalue weighted by Crippen LogP contribution is -2.32. The number of nitrogens with one attached hydrogen (secondary N) is 1. The number of hydrogen-bond donors (Lipinski definition) is 6. The quantitative estimate of drug-likeness (QED) is 0.0486. The predicted molar refractivity (Wildman–Crippen MR) is 177 cm³/mol. The first kappa shape index (κ1) is 42.8. The van der Waals surface area contributed by atoms with E-state index in [0.717, 1.165) is 57.8 Å². The van der Waals surface area contributed by atoms with Gasteiger partial charge in [-0.05, 0) is 63.7 Å². The van der Waals surface area contributed by atoms with Gasteiger partial charge in [-0.2, -0.15) is 4.99 Å². The average Bonchev–Trinajstić information content (AvgIpc) is 2.89. The second kappa shape index (κ2) is 31.9. The Morgan fingerprint density at radius 3 is 1.57 bits per heavy atom. The summed E-state index contributed by atoms with van der Waals surface area (Å²) in [5.41, 5.74) is 15.4. The molecule has 0 aliphatic heterocycles. The number of aliphatic carboxylic acids is 2. The summed E-state index contributed by atoms with van der Waals surface area (Å²) in [6.45, 7) is 6.04. The molecule has 0 aromatic heterocycles. The number of hydrogen-bond acceptors (Lipinski definition) is 4. The van der Waals surface area contributed by atoms with Crippen LogP contribution in [-0.2, 0) is 9.59 Å². The molecule has 0 aromatic carbocycles. The number of rotatable bonds is 18. The number of guanidine groups is 2. The molecule has 0 bridgehead atoms. The van der Waals surface area contributed by atoms with Crippen LogP contribution in [0.1, 0.15) is 91.4 Å². The molecule has 9 N–H and O–H groups in total. The molecule has 1 atom stereocenters. The van der Waals surface area contributed by atoms with E-state index in [1.54, 1.807) is 19.0 Å². The van der Waals surface area contributed by atoms with Crippen LogP contribution in [0.2, 0.25) is 0 Å². The minimum atomic E-state index is -0.913.